The number of rotatable bonds is 9. The fourth-order valence-electron chi connectivity index (χ4n) is 5.76. The molecule has 1 heterocycles. The van der Waals surface area contributed by atoms with Crippen LogP contribution in [0, 0.1) is 5.92 Å². The molecule has 0 spiro atoms. The summed E-state index contributed by atoms with van der Waals surface area (Å²) in [6.07, 6.45) is -2.82. The Bertz CT molecular complexity index is 1680. The van der Waals surface area contributed by atoms with Crippen molar-refractivity contribution < 1.29 is 41.0 Å². The molecule has 0 aromatic heterocycles. The number of hydrogen-bond acceptors (Lipinski definition) is 7. The first-order valence-corrected chi connectivity index (χ1v) is 18.4. The Kier molecular flexibility index (Phi) is 13.6. The Balaban J connectivity index is 1.61. The van der Waals surface area contributed by atoms with Crippen molar-refractivity contribution in [2.24, 2.45) is 5.92 Å². The molecule has 14 heteroatoms. The Morgan fingerprint density at radius 3 is 2.38 bits per heavy atom. The summed E-state index contributed by atoms with van der Waals surface area (Å²) in [6, 6.07) is 14.7. The maximum Gasteiger partial charge on any atom is 0.416 e. The van der Waals surface area contributed by atoms with Gasteiger partial charge in [-0.1, -0.05) is 30.7 Å². The van der Waals surface area contributed by atoms with Crippen LogP contribution < -0.4 is 9.46 Å². The van der Waals surface area contributed by atoms with E-state index in [0.717, 1.165) is 25.0 Å². The predicted octanol–water partition coefficient (Wildman–Crippen LogP) is 7.09. The minimum absolute atomic E-state index is 0.00290. The Hall–Kier alpha value is -3.36. The third-order valence-electron chi connectivity index (χ3n) is 8.65. The summed E-state index contributed by atoms with van der Waals surface area (Å²) in [5.74, 6) is -0.399. The molecule has 0 saturated carbocycles. The molecule has 4 atom stereocenters. The number of nitrogens with zero attached hydrogens (tertiary/aromatic N) is 2. The number of ether oxygens (including phenoxy) is 2. The van der Waals surface area contributed by atoms with E-state index in [2.05, 4.69) is 4.72 Å². The molecule has 0 unspecified atom stereocenters. The molecule has 3 aromatic carbocycles. The summed E-state index contributed by atoms with van der Waals surface area (Å²) < 4.78 is 80.7. The maximum atomic E-state index is 14.4. The fourth-order valence-corrected chi connectivity index (χ4v) is 6.93. The first kappa shape index (κ1) is 39.4. The quantitative estimate of drug-likeness (QED) is 0.241. The molecular formula is C36H45ClF3N3O6S. The average molecular weight is 740 g/mol. The third-order valence-corrected chi connectivity index (χ3v) is 10.3. The van der Waals surface area contributed by atoms with E-state index in [1.807, 2.05) is 25.8 Å². The van der Waals surface area contributed by atoms with Gasteiger partial charge >= 0.3 is 6.18 Å². The molecule has 1 aliphatic heterocycles. The lowest BCUT2D eigenvalue weighted by atomic mass is 10.0. The number of carbonyl (C=O) groups excluding carboxylic acids is 1. The van der Waals surface area contributed by atoms with Crippen LogP contribution in [0.25, 0.3) is 0 Å². The van der Waals surface area contributed by atoms with Gasteiger partial charge in [0, 0.05) is 42.9 Å². The first-order chi connectivity index (χ1) is 23.6. The second-order valence-electron chi connectivity index (χ2n) is 13.0. The van der Waals surface area contributed by atoms with Gasteiger partial charge in [-0.3, -0.25) is 14.4 Å². The van der Waals surface area contributed by atoms with E-state index in [1.54, 1.807) is 13.0 Å². The summed E-state index contributed by atoms with van der Waals surface area (Å²) >= 11 is 5.94. The number of sulfonamides is 1. The van der Waals surface area contributed by atoms with Crippen molar-refractivity contribution in [3.05, 3.63) is 88.4 Å². The van der Waals surface area contributed by atoms with Crippen LogP contribution in [0.15, 0.2) is 71.6 Å². The summed E-state index contributed by atoms with van der Waals surface area (Å²) in [5, 5.41) is 10.6. The van der Waals surface area contributed by atoms with Gasteiger partial charge in [0.25, 0.3) is 15.9 Å². The molecular weight excluding hydrogens is 695 g/mol. The maximum absolute atomic E-state index is 14.4. The molecule has 50 heavy (non-hydrogen) atoms. The van der Waals surface area contributed by atoms with Crippen molar-refractivity contribution in [2.75, 3.05) is 38.1 Å². The fraction of sp³-hybridized carbons (Fsp3) is 0.472. The summed E-state index contributed by atoms with van der Waals surface area (Å²) in [7, 11) is -2.15. The van der Waals surface area contributed by atoms with Crippen LogP contribution in [-0.2, 0) is 27.5 Å². The topological polar surface area (TPSA) is 108 Å². The van der Waals surface area contributed by atoms with Crippen molar-refractivity contribution in [1.82, 2.24) is 9.80 Å². The Morgan fingerprint density at radius 1 is 1.06 bits per heavy atom. The van der Waals surface area contributed by atoms with E-state index < -0.39 is 33.7 Å². The Labute approximate surface area is 297 Å². The lowest BCUT2D eigenvalue weighted by Gasteiger charge is -2.36. The van der Waals surface area contributed by atoms with Crippen LogP contribution in [0.1, 0.15) is 61.5 Å². The summed E-state index contributed by atoms with van der Waals surface area (Å²) in [6.45, 7) is 6.71. The van der Waals surface area contributed by atoms with Crippen LogP contribution >= 0.6 is 11.6 Å². The zero-order valence-corrected chi connectivity index (χ0v) is 30.2. The lowest BCUT2D eigenvalue weighted by molar-refractivity contribution is -0.137. The van der Waals surface area contributed by atoms with Crippen LogP contribution in [0.5, 0.6) is 5.75 Å². The average Bonchev–Trinajstić information content (AvgIpc) is 3.06. The molecule has 0 bridgehead atoms. The monoisotopic (exact) mass is 739 g/mol. The normalized spacial score (nSPS) is 20.5. The highest BCUT2D eigenvalue weighted by molar-refractivity contribution is 7.92. The predicted molar refractivity (Wildman–Crippen MR) is 187 cm³/mol. The zero-order chi connectivity index (χ0) is 36.6. The van der Waals surface area contributed by atoms with Gasteiger partial charge in [-0.05, 0) is 100 Å². The second kappa shape index (κ2) is 17.2. The number of aliphatic hydroxyl groups excluding tert-OH is 1. The number of likely N-dealkylation sites (N-methyl/N-ethyl adjacent to an activating group) is 1. The SMILES string of the molecule is C[C@@H]1CCCCO[C@@H](CN(C)Cc2ccc(C(F)(F)F)cc2)[C@@H](C)CN([C@H](C)CO)C(=O)c2cc(NS(=O)(=O)c3ccc(Cl)cc3)ccc2O1. The standard InChI is InChI=1S/C36H45ClF3N3O6S/c1-24-20-43(25(2)23-44)35(45)32-19-30(41-50(46,47)31-15-12-29(37)13-16-31)14-17-33(32)49-26(3)7-5-6-18-48-34(24)22-42(4)21-27-8-10-28(11-9-27)36(38,39)40/h8-17,19,24-26,34,41,44H,5-7,18,20-23H2,1-4H3/t24-,25+,26+,34-/m0/s1. The van der Waals surface area contributed by atoms with Gasteiger partial charge in [-0.25, -0.2) is 8.42 Å². The summed E-state index contributed by atoms with van der Waals surface area (Å²) in [5.41, 5.74) is 0.296. The number of carbonyl (C=O) groups is 1. The van der Waals surface area contributed by atoms with Gasteiger partial charge in [0.2, 0.25) is 0 Å². The highest BCUT2D eigenvalue weighted by Gasteiger charge is 2.32. The number of alkyl halides is 3. The Morgan fingerprint density at radius 2 is 1.74 bits per heavy atom. The third kappa shape index (κ3) is 10.8. The second-order valence-corrected chi connectivity index (χ2v) is 15.1. The number of fused-ring (bicyclic) bond motifs is 1. The largest absolute Gasteiger partial charge is 0.490 e. The van der Waals surface area contributed by atoms with Crippen molar-refractivity contribution in [3.63, 3.8) is 0 Å². The van der Waals surface area contributed by atoms with Crippen LogP contribution in [0.3, 0.4) is 0 Å². The molecule has 9 nitrogen and oxygen atoms in total. The van der Waals surface area contributed by atoms with Crippen molar-refractivity contribution >= 4 is 33.2 Å². The molecule has 0 saturated heterocycles. The number of aliphatic hydroxyl groups is 1. The zero-order valence-electron chi connectivity index (χ0n) is 28.6. The number of anilines is 1. The number of benzene rings is 3. The van der Waals surface area contributed by atoms with Gasteiger partial charge in [0.05, 0.1) is 40.9 Å². The molecule has 0 radical (unpaired) electrons. The van der Waals surface area contributed by atoms with E-state index in [1.165, 1.54) is 53.4 Å². The van der Waals surface area contributed by atoms with Gasteiger partial charge in [-0.2, -0.15) is 13.2 Å². The summed E-state index contributed by atoms with van der Waals surface area (Å²) in [4.78, 5) is 17.9. The molecule has 1 amide bonds. The minimum atomic E-state index is -4.41. The molecule has 2 N–H and O–H groups in total. The van der Waals surface area contributed by atoms with Crippen molar-refractivity contribution in [1.29, 1.82) is 0 Å². The van der Waals surface area contributed by atoms with Gasteiger partial charge in [0.1, 0.15) is 5.75 Å². The highest BCUT2D eigenvalue weighted by Crippen LogP contribution is 2.31. The smallest absolute Gasteiger partial charge is 0.416 e. The van der Waals surface area contributed by atoms with Gasteiger partial charge < -0.3 is 19.5 Å². The van der Waals surface area contributed by atoms with Crippen LogP contribution in [-0.4, -0.2) is 80.8 Å². The molecule has 4 rings (SSSR count). The van der Waals surface area contributed by atoms with Crippen LogP contribution in [0.4, 0.5) is 18.9 Å². The van der Waals surface area contributed by atoms with Crippen molar-refractivity contribution in [3.8, 4) is 5.75 Å². The van der Waals surface area contributed by atoms with Crippen LogP contribution in [0.2, 0.25) is 5.02 Å². The van der Waals surface area contributed by atoms with E-state index >= 15 is 0 Å². The molecule has 0 aliphatic carbocycles. The molecule has 3 aromatic rings. The molecule has 1 aliphatic rings. The van der Waals surface area contributed by atoms with E-state index in [0.29, 0.717) is 42.5 Å². The number of amides is 1. The number of halogens is 4. The van der Waals surface area contributed by atoms with Crippen molar-refractivity contribution in [2.45, 2.75) is 75.9 Å². The van der Waals surface area contributed by atoms with E-state index in [9.17, 15) is 31.5 Å². The van der Waals surface area contributed by atoms with Gasteiger partial charge in [0.15, 0.2) is 0 Å². The van der Waals surface area contributed by atoms with E-state index in [4.69, 9.17) is 21.1 Å². The first-order valence-electron chi connectivity index (χ1n) is 16.5. The van der Waals surface area contributed by atoms with E-state index in [-0.39, 0.29) is 47.4 Å². The molecule has 274 valence electrons. The number of nitrogens with one attached hydrogen (secondary N) is 1. The highest BCUT2D eigenvalue weighted by atomic mass is 35.5. The number of hydrogen-bond donors (Lipinski definition) is 2. The minimum Gasteiger partial charge on any atom is -0.490 e. The lowest BCUT2D eigenvalue weighted by Crippen LogP contribution is -2.47. The molecule has 0 fully saturated rings. The van der Waals surface area contributed by atoms with Gasteiger partial charge in [-0.15, -0.1) is 0 Å².